The van der Waals surface area contributed by atoms with Crippen LogP contribution in [0.25, 0.3) is 0 Å². The molecule has 1 N–H and O–H groups in total. The standard InChI is InChI=1S/C21H35N3/c1-2-16-8-20(4-1,14-22-10-16)24-11-17-3-5-21(9-17,15-24)23-12-18-6-19(7-18)13-23/h16-19,22H,1-15H2. The van der Waals surface area contributed by atoms with Gasteiger partial charge in [0, 0.05) is 43.8 Å². The van der Waals surface area contributed by atoms with Crippen LogP contribution < -0.4 is 5.32 Å². The molecule has 7 fully saturated rings. The molecule has 6 bridgehead atoms. The van der Waals surface area contributed by atoms with Crippen LogP contribution >= 0.6 is 0 Å². The van der Waals surface area contributed by atoms with Crippen molar-refractivity contribution in [2.45, 2.75) is 68.9 Å². The molecule has 4 atom stereocenters. The topological polar surface area (TPSA) is 18.5 Å². The Morgan fingerprint density at radius 1 is 0.750 bits per heavy atom. The highest BCUT2D eigenvalue weighted by atomic mass is 15.3. The molecule has 3 saturated carbocycles. The SMILES string of the molecule is C1CC2CNCC(N3CC4CCC(N5CC6CC(C6)C5)(C4)C3)(C1)C2. The lowest BCUT2D eigenvalue weighted by molar-refractivity contribution is -0.0957. The number of fused-ring (bicyclic) bond motifs is 7. The van der Waals surface area contributed by atoms with Gasteiger partial charge in [-0.05, 0) is 81.6 Å². The summed E-state index contributed by atoms with van der Waals surface area (Å²) < 4.78 is 0. The van der Waals surface area contributed by atoms with E-state index in [9.17, 15) is 0 Å². The van der Waals surface area contributed by atoms with Gasteiger partial charge in [-0.2, -0.15) is 0 Å². The molecule has 134 valence electrons. The maximum absolute atomic E-state index is 3.83. The maximum Gasteiger partial charge on any atom is 0.0340 e. The van der Waals surface area contributed by atoms with Crippen molar-refractivity contribution < 1.29 is 0 Å². The average molecular weight is 330 g/mol. The van der Waals surface area contributed by atoms with E-state index in [2.05, 4.69) is 15.1 Å². The number of hydrogen-bond acceptors (Lipinski definition) is 3. The van der Waals surface area contributed by atoms with Crippen molar-refractivity contribution in [2.75, 3.05) is 39.3 Å². The summed E-state index contributed by atoms with van der Waals surface area (Å²) >= 11 is 0. The lowest BCUT2D eigenvalue weighted by Crippen LogP contribution is -2.69. The first-order valence-electron chi connectivity index (χ1n) is 10.9. The van der Waals surface area contributed by atoms with Gasteiger partial charge in [-0.25, -0.2) is 0 Å². The van der Waals surface area contributed by atoms with Crippen LogP contribution in [0.3, 0.4) is 0 Å². The minimum atomic E-state index is 0.522. The molecule has 7 aliphatic rings. The predicted octanol–water partition coefficient (Wildman–Crippen LogP) is 2.71. The molecule has 0 amide bonds. The van der Waals surface area contributed by atoms with E-state index in [1.54, 1.807) is 12.8 Å². The third-order valence-electron chi connectivity index (χ3n) is 9.09. The van der Waals surface area contributed by atoms with E-state index in [-0.39, 0.29) is 0 Å². The lowest BCUT2D eigenvalue weighted by atomic mass is 9.68. The van der Waals surface area contributed by atoms with Crippen LogP contribution in [-0.2, 0) is 0 Å². The van der Waals surface area contributed by atoms with Crippen molar-refractivity contribution in [3.05, 3.63) is 0 Å². The van der Waals surface area contributed by atoms with Crippen LogP contribution in [0.4, 0.5) is 0 Å². The first-order chi connectivity index (χ1) is 11.7. The summed E-state index contributed by atoms with van der Waals surface area (Å²) in [6, 6.07) is 0. The Balaban J connectivity index is 1.27. The Morgan fingerprint density at radius 3 is 2.42 bits per heavy atom. The zero-order valence-corrected chi connectivity index (χ0v) is 15.3. The molecule has 24 heavy (non-hydrogen) atoms. The van der Waals surface area contributed by atoms with Gasteiger partial charge in [0.25, 0.3) is 0 Å². The minimum Gasteiger partial charge on any atom is -0.315 e. The predicted molar refractivity (Wildman–Crippen MR) is 97.0 cm³/mol. The molecule has 0 aromatic heterocycles. The van der Waals surface area contributed by atoms with Crippen LogP contribution in [0.2, 0.25) is 0 Å². The average Bonchev–Trinajstić information content (AvgIpc) is 2.90. The van der Waals surface area contributed by atoms with Gasteiger partial charge in [0.15, 0.2) is 0 Å². The Kier molecular flexibility index (Phi) is 3.25. The minimum absolute atomic E-state index is 0.522. The van der Waals surface area contributed by atoms with Gasteiger partial charge in [-0.15, -0.1) is 0 Å². The fourth-order valence-corrected chi connectivity index (χ4v) is 7.95. The second kappa shape index (κ2) is 5.20. The zero-order chi connectivity index (χ0) is 15.8. The highest BCUT2D eigenvalue weighted by Crippen LogP contribution is 2.52. The Hall–Kier alpha value is -0.120. The van der Waals surface area contributed by atoms with Gasteiger partial charge in [0.1, 0.15) is 0 Å². The molecule has 4 unspecified atom stereocenters. The van der Waals surface area contributed by atoms with E-state index in [4.69, 9.17) is 0 Å². The van der Waals surface area contributed by atoms with Crippen LogP contribution in [0, 0.1) is 23.7 Å². The number of nitrogens with one attached hydrogen (secondary N) is 1. The van der Waals surface area contributed by atoms with Crippen LogP contribution in [-0.4, -0.2) is 60.1 Å². The second-order valence-corrected chi connectivity index (χ2v) is 10.6. The summed E-state index contributed by atoms with van der Waals surface area (Å²) in [6.07, 6.45) is 13.6. The Labute approximate surface area is 147 Å². The van der Waals surface area contributed by atoms with E-state index >= 15 is 0 Å². The number of piperidine rings is 4. The number of nitrogens with zero attached hydrogens (tertiary/aromatic N) is 2. The molecule has 7 rings (SSSR count). The van der Waals surface area contributed by atoms with Gasteiger partial charge in [-0.3, -0.25) is 9.80 Å². The molecule has 0 aromatic rings. The van der Waals surface area contributed by atoms with E-state index < -0.39 is 0 Å². The smallest absolute Gasteiger partial charge is 0.0340 e. The van der Waals surface area contributed by atoms with Gasteiger partial charge in [0.05, 0.1) is 0 Å². The molecular weight excluding hydrogens is 294 g/mol. The molecule has 4 saturated heterocycles. The molecule has 3 heteroatoms. The largest absolute Gasteiger partial charge is 0.315 e. The first-order valence-corrected chi connectivity index (χ1v) is 10.9. The van der Waals surface area contributed by atoms with Crippen LogP contribution in [0.5, 0.6) is 0 Å². The molecule has 0 aromatic carbocycles. The lowest BCUT2D eigenvalue weighted by Gasteiger charge is -2.60. The summed E-state index contributed by atoms with van der Waals surface area (Å²) in [5.41, 5.74) is 1.09. The van der Waals surface area contributed by atoms with Gasteiger partial charge < -0.3 is 5.32 Å². The fourth-order valence-electron chi connectivity index (χ4n) is 7.95. The fraction of sp³-hybridized carbons (Fsp3) is 1.00. The highest BCUT2D eigenvalue weighted by Gasteiger charge is 2.56. The zero-order valence-electron chi connectivity index (χ0n) is 15.3. The monoisotopic (exact) mass is 329 g/mol. The van der Waals surface area contributed by atoms with Crippen molar-refractivity contribution in [3.63, 3.8) is 0 Å². The molecule has 4 heterocycles. The van der Waals surface area contributed by atoms with Crippen molar-refractivity contribution in [1.82, 2.24) is 15.1 Å². The summed E-state index contributed by atoms with van der Waals surface area (Å²) in [7, 11) is 0. The van der Waals surface area contributed by atoms with Crippen LogP contribution in [0.15, 0.2) is 0 Å². The Morgan fingerprint density at radius 2 is 1.54 bits per heavy atom. The summed E-state index contributed by atoms with van der Waals surface area (Å²) in [5.74, 6) is 4.07. The van der Waals surface area contributed by atoms with Crippen molar-refractivity contribution in [3.8, 4) is 0 Å². The number of hydrogen-bond donors (Lipinski definition) is 1. The maximum atomic E-state index is 3.83. The molecular formula is C21H35N3. The van der Waals surface area contributed by atoms with E-state index in [0.29, 0.717) is 11.1 Å². The normalized spacial score (nSPS) is 54.5. The van der Waals surface area contributed by atoms with Gasteiger partial charge in [-0.1, -0.05) is 6.42 Å². The first kappa shape index (κ1) is 15.0. The molecule has 0 radical (unpaired) electrons. The third-order valence-corrected chi connectivity index (χ3v) is 9.09. The quantitative estimate of drug-likeness (QED) is 0.840. The molecule has 0 spiro atoms. The van der Waals surface area contributed by atoms with E-state index in [0.717, 1.165) is 23.7 Å². The number of rotatable bonds is 2. The van der Waals surface area contributed by atoms with Crippen molar-refractivity contribution in [2.24, 2.45) is 23.7 Å². The van der Waals surface area contributed by atoms with Crippen molar-refractivity contribution in [1.29, 1.82) is 0 Å². The van der Waals surface area contributed by atoms with E-state index in [1.807, 2.05) is 0 Å². The third kappa shape index (κ3) is 2.13. The molecule has 3 aliphatic carbocycles. The Bertz CT molecular complexity index is 493. The van der Waals surface area contributed by atoms with Crippen LogP contribution in [0.1, 0.15) is 57.8 Å². The molecule has 3 nitrogen and oxygen atoms in total. The summed E-state index contributed by atoms with van der Waals surface area (Å²) in [5, 5.41) is 3.83. The van der Waals surface area contributed by atoms with Gasteiger partial charge >= 0.3 is 0 Å². The summed E-state index contributed by atoms with van der Waals surface area (Å²) in [6.45, 7) is 8.25. The number of likely N-dealkylation sites (tertiary alicyclic amines) is 1. The summed E-state index contributed by atoms with van der Waals surface area (Å²) in [4.78, 5) is 6.04. The molecule has 4 aliphatic heterocycles. The highest BCUT2D eigenvalue weighted by molar-refractivity contribution is 5.12. The second-order valence-electron chi connectivity index (χ2n) is 10.6. The van der Waals surface area contributed by atoms with E-state index in [1.165, 1.54) is 84.2 Å². The van der Waals surface area contributed by atoms with Crippen molar-refractivity contribution >= 4 is 0 Å². The van der Waals surface area contributed by atoms with Gasteiger partial charge in [0.2, 0.25) is 0 Å².